The van der Waals surface area contributed by atoms with Gasteiger partial charge in [-0.1, -0.05) is 30.3 Å². The summed E-state index contributed by atoms with van der Waals surface area (Å²) in [4.78, 5) is 0. The molecule has 0 aromatic heterocycles. The fourth-order valence-electron chi connectivity index (χ4n) is 3.01. The number of ether oxygens (including phenoxy) is 1. The molecular formula is C17H25NO. The Bertz CT molecular complexity index is 374. The summed E-state index contributed by atoms with van der Waals surface area (Å²) in [5, 5.41) is 3.67. The zero-order valence-corrected chi connectivity index (χ0v) is 11.7. The molecule has 2 heteroatoms. The second-order valence-electron chi connectivity index (χ2n) is 6.02. The molecule has 1 aliphatic carbocycles. The van der Waals surface area contributed by atoms with Crippen molar-refractivity contribution >= 4 is 0 Å². The van der Waals surface area contributed by atoms with Gasteiger partial charge >= 0.3 is 0 Å². The highest BCUT2D eigenvalue weighted by Crippen LogP contribution is 2.26. The molecule has 0 radical (unpaired) electrons. The van der Waals surface area contributed by atoms with Gasteiger partial charge in [0.15, 0.2) is 0 Å². The lowest BCUT2D eigenvalue weighted by atomic mass is 9.90. The van der Waals surface area contributed by atoms with E-state index >= 15 is 0 Å². The van der Waals surface area contributed by atoms with Crippen LogP contribution in [0.5, 0.6) is 0 Å². The van der Waals surface area contributed by atoms with Crippen LogP contribution in [-0.4, -0.2) is 25.3 Å². The molecule has 1 aromatic carbocycles. The Balaban J connectivity index is 1.48. The minimum Gasteiger partial charge on any atom is -0.378 e. The first kappa shape index (κ1) is 13.1. The highest BCUT2D eigenvalue weighted by molar-refractivity contribution is 5.14. The number of aryl methyl sites for hydroxylation is 1. The molecule has 1 saturated heterocycles. The molecular weight excluding hydrogens is 234 g/mol. The molecule has 2 nitrogen and oxygen atoms in total. The van der Waals surface area contributed by atoms with Crippen LogP contribution in [-0.2, 0) is 11.2 Å². The van der Waals surface area contributed by atoms with Crippen LogP contribution in [0.2, 0.25) is 0 Å². The first-order chi connectivity index (χ1) is 9.42. The van der Waals surface area contributed by atoms with Gasteiger partial charge in [0.05, 0.1) is 6.10 Å². The summed E-state index contributed by atoms with van der Waals surface area (Å²) in [5.74, 6) is 0.720. The van der Waals surface area contributed by atoms with Gasteiger partial charge < -0.3 is 10.1 Å². The van der Waals surface area contributed by atoms with Gasteiger partial charge in [-0.3, -0.25) is 0 Å². The molecule has 19 heavy (non-hydrogen) atoms. The van der Waals surface area contributed by atoms with Crippen LogP contribution in [0.1, 0.15) is 37.7 Å². The molecule has 1 heterocycles. The molecule has 2 fully saturated rings. The standard InChI is InChI=1S/C17H25NO/c1-2-5-14(6-3-1)8-11-17-15(7-4-12-19-17)13-18-16-9-10-16/h1-3,5-6,15-18H,4,7-13H2. The van der Waals surface area contributed by atoms with Crippen molar-refractivity contribution in [3.05, 3.63) is 35.9 Å². The van der Waals surface area contributed by atoms with Gasteiger partial charge in [0.25, 0.3) is 0 Å². The summed E-state index contributed by atoms with van der Waals surface area (Å²) in [6, 6.07) is 11.6. The summed E-state index contributed by atoms with van der Waals surface area (Å²) in [6.45, 7) is 2.11. The molecule has 0 amide bonds. The summed E-state index contributed by atoms with van der Waals surface area (Å²) in [6.07, 6.45) is 8.09. The van der Waals surface area contributed by atoms with Gasteiger partial charge in [-0.2, -0.15) is 0 Å². The quantitative estimate of drug-likeness (QED) is 0.847. The zero-order valence-electron chi connectivity index (χ0n) is 11.7. The molecule has 0 spiro atoms. The lowest BCUT2D eigenvalue weighted by Crippen LogP contribution is -2.37. The van der Waals surface area contributed by atoms with E-state index in [0.29, 0.717) is 6.10 Å². The van der Waals surface area contributed by atoms with Gasteiger partial charge in [0.1, 0.15) is 0 Å². The number of rotatable bonds is 6. The molecule has 1 N–H and O–H groups in total. The molecule has 1 saturated carbocycles. The van der Waals surface area contributed by atoms with E-state index in [-0.39, 0.29) is 0 Å². The average Bonchev–Trinajstić information content (AvgIpc) is 3.29. The van der Waals surface area contributed by atoms with Crippen molar-refractivity contribution < 1.29 is 4.74 Å². The van der Waals surface area contributed by atoms with E-state index in [1.165, 1.54) is 37.7 Å². The van der Waals surface area contributed by atoms with E-state index in [9.17, 15) is 0 Å². The van der Waals surface area contributed by atoms with Crippen LogP contribution < -0.4 is 5.32 Å². The number of nitrogens with one attached hydrogen (secondary N) is 1. The summed E-state index contributed by atoms with van der Waals surface area (Å²) in [5.41, 5.74) is 1.44. The summed E-state index contributed by atoms with van der Waals surface area (Å²) < 4.78 is 6.02. The van der Waals surface area contributed by atoms with Crippen molar-refractivity contribution in [3.8, 4) is 0 Å². The van der Waals surface area contributed by atoms with Crippen LogP contribution in [0.15, 0.2) is 30.3 Å². The van der Waals surface area contributed by atoms with E-state index < -0.39 is 0 Å². The summed E-state index contributed by atoms with van der Waals surface area (Å²) >= 11 is 0. The normalized spacial score (nSPS) is 27.4. The number of hydrogen-bond acceptors (Lipinski definition) is 2. The largest absolute Gasteiger partial charge is 0.378 e. The molecule has 104 valence electrons. The first-order valence-corrected chi connectivity index (χ1v) is 7.81. The van der Waals surface area contributed by atoms with Crippen LogP contribution in [0.4, 0.5) is 0 Å². The lowest BCUT2D eigenvalue weighted by molar-refractivity contribution is -0.0299. The zero-order chi connectivity index (χ0) is 12.9. The molecule has 1 aliphatic heterocycles. The predicted molar refractivity (Wildman–Crippen MR) is 78.3 cm³/mol. The van der Waals surface area contributed by atoms with E-state index in [2.05, 4.69) is 35.6 Å². The Hall–Kier alpha value is -0.860. The SMILES string of the molecule is c1ccc(CCC2OCCCC2CNC2CC2)cc1. The second kappa shape index (κ2) is 6.53. The third kappa shape index (κ3) is 4.05. The van der Waals surface area contributed by atoms with Crippen molar-refractivity contribution in [3.63, 3.8) is 0 Å². The van der Waals surface area contributed by atoms with Crippen LogP contribution in [0.3, 0.4) is 0 Å². The minimum absolute atomic E-state index is 0.459. The smallest absolute Gasteiger partial charge is 0.0618 e. The highest BCUT2D eigenvalue weighted by Gasteiger charge is 2.28. The Morgan fingerprint density at radius 3 is 2.74 bits per heavy atom. The molecule has 2 unspecified atom stereocenters. The van der Waals surface area contributed by atoms with Crippen LogP contribution in [0, 0.1) is 5.92 Å². The highest BCUT2D eigenvalue weighted by atomic mass is 16.5. The Labute approximate surface area is 116 Å². The Morgan fingerprint density at radius 2 is 1.95 bits per heavy atom. The third-order valence-corrected chi connectivity index (χ3v) is 4.38. The minimum atomic E-state index is 0.459. The van der Waals surface area contributed by atoms with Crippen molar-refractivity contribution in [2.45, 2.75) is 50.7 Å². The van der Waals surface area contributed by atoms with Gasteiger partial charge in [-0.15, -0.1) is 0 Å². The maximum Gasteiger partial charge on any atom is 0.0618 e. The van der Waals surface area contributed by atoms with E-state index in [1.54, 1.807) is 0 Å². The van der Waals surface area contributed by atoms with Crippen molar-refractivity contribution in [1.29, 1.82) is 0 Å². The number of hydrogen-bond donors (Lipinski definition) is 1. The van der Waals surface area contributed by atoms with Crippen molar-refractivity contribution in [2.75, 3.05) is 13.2 Å². The summed E-state index contributed by atoms with van der Waals surface area (Å²) in [7, 11) is 0. The maximum atomic E-state index is 6.02. The van der Waals surface area contributed by atoms with E-state index in [0.717, 1.165) is 31.5 Å². The van der Waals surface area contributed by atoms with Crippen LogP contribution >= 0.6 is 0 Å². The Kier molecular flexibility index (Phi) is 4.52. The molecule has 0 bridgehead atoms. The van der Waals surface area contributed by atoms with Gasteiger partial charge in [-0.05, 0) is 50.0 Å². The molecule has 3 rings (SSSR count). The monoisotopic (exact) mass is 259 g/mol. The molecule has 2 aliphatic rings. The van der Waals surface area contributed by atoms with Crippen molar-refractivity contribution in [1.82, 2.24) is 5.32 Å². The van der Waals surface area contributed by atoms with E-state index in [1.807, 2.05) is 0 Å². The average molecular weight is 259 g/mol. The maximum absolute atomic E-state index is 6.02. The fourth-order valence-corrected chi connectivity index (χ4v) is 3.01. The third-order valence-electron chi connectivity index (χ3n) is 4.38. The Morgan fingerprint density at radius 1 is 1.11 bits per heavy atom. The topological polar surface area (TPSA) is 21.3 Å². The number of benzene rings is 1. The predicted octanol–water partition coefficient (Wildman–Crippen LogP) is 3.17. The molecule has 1 aromatic rings. The van der Waals surface area contributed by atoms with Gasteiger partial charge in [-0.25, -0.2) is 0 Å². The van der Waals surface area contributed by atoms with Gasteiger partial charge in [0.2, 0.25) is 0 Å². The molecule has 2 atom stereocenters. The van der Waals surface area contributed by atoms with Crippen LogP contribution in [0.25, 0.3) is 0 Å². The first-order valence-electron chi connectivity index (χ1n) is 7.81. The second-order valence-corrected chi connectivity index (χ2v) is 6.02. The van der Waals surface area contributed by atoms with E-state index in [4.69, 9.17) is 4.74 Å². The lowest BCUT2D eigenvalue weighted by Gasteiger charge is -2.32. The van der Waals surface area contributed by atoms with Crippen molar-refractivity contribution in [2.24, 2.45) is 5.92 Å². The van der Waals surface area contributed by atoms with Gasteiger partial charge in [0, 0.05) is 19.2 Å². The fraction of sp³-hybridized carbons (Fsp3) is 0.647.